The highest BCUT2D eigenvalue weighted by Crippen LogP contribution is 2.24. The van der Waals surface area contributed by atoms with Crippen molar-refractivity contribution < 1.29 is 18.8 Å². The molecule has 1 aliphatic heterocycles. The van der Waals surface area contributed by atoms with Crippen molar-refractivity contribution in [3.8, 4) is 0 Å². The molecule has 1 aliphatic rings. The van der Waals surface area contributed by atoms with Crippen LogP contribution in [-0.4, -0.2) is 29.1 Å². The Balaban J connectivity index is 2.07. The van der Waals surface area contributed by atoms with Gasteiger partial charge in [0.25, 0.3) is 5.91 Å². The lowest BCUT2D eigenvalue weighted by Gasteiger charge is -2.35. The number of carbonyl (C=O) groups is 1. The molecule has 1 fully saturated rings. The molecule has 1 amide bonds. The highest BCUT2D eigenvalue weighted by atomic mass is 19.1. The first-order valence-corrected chi connectivity index (χ1v) is 6.67. The largest absolute Gasteiger partial charge is 0.375 e. The van der Waals surface area contributed by atoms with Crippen LogP contribution in [0.4, 0.5) is 10.1 Å². The lowest BCUT2D eigenvalue weighted by atomic mass is 9.94. The minimum Gasteiger partial charge on any atom is -0.375 e. The molecule has 1 aromatic carbocycles. The maximum Gasteiger partial charge on any atom is 0.304 e. The molecule has 0 spiro atoms. The summed E-state index contributed by atoms with van der Waals surface area (Å²) < 4.78 is 19.1. The monoisotopic (exact) mass is 296 g/mol. The van der Waals surface area contributed by atoms with Gasteiger partial charge in [-0.25, -0.2) is 0 Å². The number of nitro groups is 1. The highest BCUT2D eigenvalue weighted by Gasteiger charge is 2.30. The van der Waals surface area contributed by atoms with E-state index in [4.69, 9.17) is 4.74 Å². The summed E-state index contributed by atoms with van der Waals surface area (Å²) in [5, 5.41) is 13.4. The molecular formula is C14H17FN2O4. The average Bonchev–Trinajstić information content (AvgIpc) is 2.36. The lowest BCUT2D eigenvalue weighted by molar-refractivity contribution is -0.387. The second-order valence-corrected chi connectivity index (χ2v) is 5.69. The normalized spacial score (nSPS) is 20.8. The molecule has 1 N–H and O–H groups in total. The van der Waals surface area contributed by atoms with Crippen LogP contribution in [0.15, 0.2) is 18.2 Å². The van der Waals surface area contributed by atoms with Crippen LogP contribution >= 0.6 is 0 Å². The molecule has 1 saturated heterocycles. The fraction of sp³-hybridized carbons (Fsp3) is 0.500. The highest BCUT2D eigenvalue weighted by molar-refractivity contribution is 5.94. The van der Waals surface area contributed by atoms with Gasteiger partial charge >= 0.3 is 5.69 Å². The van der Waals surface area contributed by atoms with E-state index in [2.05, 4.69) is 5.32 Å². The number of carbonyl (C=O) groups excluding carboxylic acids is 1. The molecule has 6 nitrogen and oxygen atoms in total. The first kappa shape index (κ1) is 15.4. The van der Waals surface area contributed by atoms with Crippen LogP contribution in [0.1, 0.15) is 37.0 Å². The minimum atomic E-state index is -1.01. The number of amides is 1. The summed E-state index contributed by atoms with van der Waals surface area (Å²) in [7, 11) is 0. The molecule has 114 valence electrons. The smallest absolute Gasteiger partial charge is 0.304 e. The van der Waals surface area contributed by atoms with Gasteiger partial charge in [0.2, 0.25) is 5.82 Å². The van der Waals surface area contributed by atoms with Gasteiger partial charge in [-0.2, -0.15) is 4.39 Å². The Morgan fingerprint density at radius 1 is 1.52 bits per heavy atom. The van der Waals surface area contributed by atoms with Gasteiger partial charge in [-0.3, -0.25) is 14.9 Å². The maximum absolute atomic E-state index is 13.5. The number of nitro benzene ring substituents is 1. The van der Waals surface area contributed by atoms with E-state index in [0.717, 1.165) is 12.1 Å². The number of nitrogens with one attached hydrogen (secondary N) is 1. The van der Waals surface area contributed by atoms with E-state index < -0.39 is 22.3 Å². The van der Waals surface area contributed by atoms with E-state index >= 15 is 0 Å². The van der Waals surface area contributed by atoms with Crippen molar-refractivity contribution in [1.29, 1.82) is 0 Å². The van der Waals surface area contributed by atoms with Crippen molar-refractivity contribution in [2.24, 2.45) is 0 Å². The van der Waals surface area contributed by atoms with Crippen LogP contribution in [0.25, 0.3) is 0 Å². The maximum atomic E-state index is 13.5. The molecule has 2 rings (SSSR count). The van der Waals surface area contributed by atoms with Gasteiger partial charge in [0.1, 0.15) is 0 Å². The first-order valence-electron chi connectivity index (χ1n) is 6.67. The fourth-order valence-corrected chi connectivity index (χ4v) is 2.42. The van der Waals surface area contributed by atoms with Crippen molar-refractivity contribution in [2.45, 2.75) is 38.3 Å². The van der Waals surface area contributed by atoms with Gasteiger partial charge in [-0.1, -0.05) is 0 Å². The number of hydrogen-bond donors (Lipinski definition) is 1. The molecule has 7 heteroatoms. The molecule has 1 unspecified atom stereocenters. The van der Waals surface area contributed by atoms with Crippen LogP contribution in [0.3, 0.4) is 0 Å². The zero-order valence-electron chi connectivity index (χ0n) is 11.9. The van der Waals surface area contributed by atoms with E-state index in [9.17, 15) is 19.3 Å². The average molecular weight is 296 g/mol. The second-order valence-electron chi connectivity index (χ2n) is 5.69. The summed E-state index contributed by atoms with van der Waals surface area (Å²) in [5.74, 6) is -1.45. The predicted molar refractivity (Wildman–Crippen MR) is 73.6 cm³/mol. The summed E-state index contributed by atoms with van der Waals surface area (Å²) in [6.07, 6.45) is 1.35. The van der Waals surface area contributed by atoms with Gasteiger partial charge in [-0.15, -0.1) is 0 Å². The van der Waals surface area contributed by atoms with Gasteiger partial charge in [0.05, 0.1) is 10.5 Å². The predicted octanol–water partition coefficient (Wildman–Crippen LogP) is 2.42. The summed E-state index contributed by atoms with van der Waals surface area (Å²) in [4.78, 5) is 21.8. The first-order chi connectivity index (χ1) is 9.78. The molecular weight excluding hydrogens is 279 g/mol. The van der Waals surface area contributed by atoms with Crippen LogP contribution in [-0.2, 0) is 4.74 Å². The van der Waals surface area contributed by atoms with Crippen LogP contribution in [0.5, 0.6) is 0 Å². The molecule has 1 heterocycles. The summed E-state index contributed by atoms with van der Waals surface area (Å²) in [5.41, 5.74) is -0.877. The standard InChI is InChI=1S/C14H17FN2O4/c1-14(2)8-10(5-6-21-14)16-13(18)9-3-4-12(17(19)20)11(15)7-9/h3-4,7,10H,5-6,8H2,1-2H3,(H,16,18). The van der Waals surface area contributed by atoms with Gasteiger partial charge in [0, 0.05) is 24.3 Å². The van der Waals surface area contributed by atoms with Crippen molar-refractivity contribution in [3.05, 3.63) is 39.7 Å². The van der Waals surface area contributed by atoms with E-state index in [1.54, 1.807) is 0 Å². The van der Waals surface area contributed by atoms with Crippen LogP contribution in [0, 0.1) is 15.9 Å². The molecule has 0 radical (unpaired) electrons. The zero-order chi connectivity index (χ0) is 15.6. The topological polar surface area (TPSA) is 81.5 Å². The molecule has 1 atom stereocenters. The number of hydrogen-bond acceptors (Lipinski definition) is 4. The van der Waals surface area contributed by atoms with Gasteiger partial charge in [0.15, 0.2) is 0 Å². The van der Waals surface area contributed by atoms with Gasteiger partial charge < -0.3 is 10.1 Å². The van der Waals surface area contributed by atoms with Crippen LogP contribution in [0.2, 0.25) is 0 Å². The minimum absolute atomic E-state index is 0.0560. The second kappa shape index (κ2) is 5.77. The Morgan fingerprint density at radius 2 is 2.24 bits per heavy atom. The van der Waals surface area contributed by atoms with Gasteiger partial charge in [-0.05, 0) is 38.8 Å². The van der Waals surface area contributed by atoms with Crippen LogP contribution < -0.4 is 5.32 Å². The molecule has 0 aromatic heterocycles. The molecule has 1 aromatic rings. The van der Waals surface area contributed by atoms with Crippen molar-refractivity contribution in [2.75, 3.05) is 6.61 Å². The third-order valence-corrected chi connectivity index (χ3v) is 3.44. The third-order valence-electron chi connectivity index (χ3n) is 3.44. The Labute approximate surface area is 121 Å². The number of benzene rings is 1. The quantitative estimate of drug-likeness (QED) is 0.686. The molecule has 21 heavy (non-hydrogen) atoms. The van der Waals surface area contributed by atoms with Crippen molar-refractivity contribution in [3.63, 3.8) is 0 Å². The summed E-state index contributed by atoms with van der Waals surface area (Å²) in [6, 6.07) is 3.08. The number of halogens is 1. The van der Waals surface area contributed by atoms with E-state index in [1.165, 1.54) is 6.07 Å². The number of rotatable bonds is 3. The molecule has 0 bridgehead atoms. The molecule has 0 saturated carbocycles. The fourth-order valence-electron chi connectivity index (χ4n) is 2.42. The summed E-state index contributed by atoms with van der Waals surface area (Å²) in [6.45, 7) is 4.43. The SMILES string of the molecule is CC1(C)CC(NC(=O)c2ccc([N+](=O)[O-])c(F)c2)CCO1. The zero-order valence-corrected chi connectivity index (χ0v) is 11.9. The Bertz CT molecular complexity index is 574. The van der Waals surface area contributed by atoms with E-state index in [1.807, 2.05) is 13.8 Å². The Morgan fingerprint density at radius 3 is 2.81 bits per heavy atom. The molecule has 0 aliphatic carbocycles. The Kier molecular flexibility index (Phi) is 4.22. The van der Waals surface area contributed by atoms with E-state index in [0.29, 0.717) is 19.4 Å². The number of ether oxygens (including phenoxy) is 1. The third kappa shape index (κ3) is 3.75. The van der Waals surface area contributed by atoms with Crippen molar-refractivity contribution in [1.82, 2.24) is 5.32 Å². The van der Waals surface area contributed by atoms with Crippen molar-refractivity contribution >= 4 is 11.6 Å². The number of nitrogens with zero attached hydrogens (tertiary/aromatic N) is 1. The Hall–Kier alpha value is -2.02. The lowest BCUT2D eigenvalue weighted by Crippen LogP contribution is -2.45. The summed E-state index contributed by atoms with van der Waals surface area (Å²) >= 11 is 0. The van der Waals surface area contributed by atoms with E-state index in [-0.39, 0.29) is 17.2 Å².